The zero-order valence-corrected chi connectivity index (χ0v) is 15.3. The van der Waals surface area contributed by atoms with Gasteiger partial charge in [0.25, 0.3) is 0 Å². The van der Waals surface area contributed by atoms with Gasteiger partial charge in [-0.2, -0.15) is 5.10 Å². The summed E-state index contributed by atoms with van der Waals surface area (Å²) in [6, 6.07) is 8.45. The van der Waals surface area contributed by atoms with Gasteiger partial charge in [-0.1, -0.05) is 31.0 Å². The third-order valence-corrected chi connectivity index (χ3v) is 5.31. The number of amides is 1. The molecular formula is C20H26N4O2. The molecule has 2 aliphatic rings. The number of anilines is 1. The van der Waals surface area contributed by atoms with Crippen molar-refractivity contribution >= 4 is 11.7 Å². The highest BCUT2D eigenvalue weighted by molar-refractivity contribution is 5.92. The molecule has 26 heavy (non-hydrogen) atoms. The number of para-hydroxylation sites is 1. The first-order valence-corrected chi connectivity index (χ1v) is 9.48. The molecule has 0 unspecified atom stereocenters. The molecule has 4 rings (SSSR count). The van der Waals surface area contributed by atoms with Gasteiger partial charge in [0, 0.05) is 24.2 Å². The van der Waals surface area contributed by atoms with Crippen molar-refractivity contribution in [3.05, 3.63) is 41.6 Å². The number of hydrogen-bond donors (Lipinski definition) is 1. The SMILES string of the molecule is Cc1cnn(C2CCCC2)c1NC(=O)CN1CCOc2ccccc2C1. The maximum absolute atomic E-state index is 12.7. The summed E-state index contributed by atoms with van der Waals surface area (Å²) in [5.41, 5.74) is 2.15. The molecule has 1 amide bonds. The van der Waals surface area contributed by atoms with E-state index in [1.54, 1.807) is 0 Å². The van der Waals surface area contributed by atoms with Crippen molar-refractivity contribution in [1.82, 2.24) is 14.7 Å². The van der Waals surface area contributed by atoms with Crippen molar-refractivity contribution in [3.63, 3.8) is 0 Å². The highest BCUT2D eigenvalue weighted by Crippen LogP contribution is 2.32. The summed E-state index contributed by atoms with van der Waals surface area (Å²) in [7, 11) is 0. The molecule has 1 N–H and O–H groups in total. The highest BCUT2D eigenvalue weighted by atomic mass is 16.5. The maximum atomic E-state index is 12.7. The van der Waals surface area contributed by atoms with Crippen molar-refractivity contribution < 1.29 is 9.53 Å². The van der Waals surface area contributed by atoms with Crippen LogP contribution in [0.5, 0.6) is 5.75 Å². The average Bonchev–Trinajstić information content (AvgIpc) is 3.22. The van der Waals surface area contributed by atoms with E-state index in [-0.39, 0.29) is 5.91 Å². The topological polar surface area (TPSA) is 59.4 Å². The molecular weight excluding hydrogens is 328 g/mol. The van der Waals surface area contributed by atoms with Crippen molar-refractivity contribution in [2.75, 3.05) is 25.0 Å². The monoisotopic (exact) mass is 354 g/mol. The number of nitrogens with zero attached hydrogens (tertiary/aromatic N) is 3. The molecule has 6 nitrogen and oxygen atoms in total. The molecule has 0 spiro atoms. The standard InChI is InChI=1S/C20H26N4O2/c1-15-12-21-24(17-7-3-4-8-17)20(15)22-19(25)14-23-10-11-26-18-9-5-2-6-16(18)13-23/h2,5-6,9,12,17H,3-4,7-8,10-11,13-14H2,1H3,(H,22,25). The number of carbonyl (C=O) groups excluding carboxylic acids is 1. The van der Waals surface area contributed by atoms with Crippen LogP contribution in [0, 0.1) is 6.92 Å². The first kappa shape index (κ1) is 17.1. The minimum Gasteiger partial charge on any atom is -0.492 e. The molecule has 0 radical (unpaired) electrons. The molecule has 138 valence electrons. The van der Waals surface area contributed by atoms with Crippen LogP contribution in [-0.4, -0.2) is 40.3 Å². The Hall–Kier alpha value is -2.34. The number of aromatic nitrogens is 2. The predicted octanol–water partition coefficient (Wildman–Crippen LogP) is 3.14. The lowest BCUT2D eigenvalue weighted by molar-refractivity contribution is -0.117. The number of fused-ring (bicyclic) bond motifs is 1. The third kappa shape index (κ3) is 3.60. The van der Waals surface area contributed by atoms with Gasteiger partial charge in [-0.3, -0.25) is 9.69 Å². The van der Waals surface area contributed by atoms with E-state index >= 15 is 0 Å². The van der Waals surface area contributed by atoms with Crippen molar-refractivity contribution in [2.24, 2.45) is 0 Å². The zero-order chi connectivity index (χ0) is 17.9. The Morgan fingerprint density at radius 3 is 2.96 bits per heavy atom. The normalized spacial score (nSPS) is 18.2. The quantitative estimate of drug-likeness (QED) is 0.916. The predicted molar refractivity (Wildman–Crippen MR) is 100 cm³/mol. The van der Waals surface area contributed by atoms with E-state index in [0.29, 0.717) is 19.2 Å². The Bertz CT molecular complexity index is 780. The molecule has 1 aliphatic carbocycles. The van der Waals surface area contributed by atoms with Crippen LogP contribution in [0.15, 0.2) is 30.5 Å². The summed E-state index contributed by atoms with van der Waals surface area (Å²) < 4.78 is 7.80. The first-order chi connectivity index (χ1) is 12.7. The molecule has 1 saturated carbocycles. The van der Waals surface area contributed by atoms with E-state index < -0.39 is 0 Å². The lowest BCUT2D eigenvalue weighted by Gasteiger charge is -2.20. The van der Waals surface area contributed by atoms with Gasteiger partial charge >= 0.3 is 0 Å². The number of ether oxygens (including phenoxy) is 1. The minimum atomic E-state index is 0.00669. The summed E-state index contributed by atoms with van der Waals surface area (Å²) in [5.74, 6) is 1.78. The average molecular weight is 354 g/mol. The molecule has 1 aromatic heterocycles. The fraction of sp³-hybridized carbons (Fsp3) is 0.500. The van der Waals surface area contributed by atoms with Gasteiger partial charge < -0.3 is 10.1 Å². The van der Waals surface area contributed by atoms with Crippen LogP contribution in [0.4, 0.5) is 5.82 Å². The summed E-state index contributed by atoms with van der Waals surface area (Å²) in [6.07, 6.45) is 6.62. The third-order valence-electron chi connectivity index (χ3n) is 5.31. The van der Waals surface area contributed by atoms with Gasteiger partial charge in [-0.15, -0.1) is 0 Å². The minimum absolute atomic E-state index is 0.00669. The Morgan fingerprint density at radius 2 is 2.12 bits per heavy atom. The van der Waals surface area contributed by atoms with Crippen LogP contribution >= 0.6 is 0 Å². The highest BCUT2D eigenvalue weighted by Gasteiger charge is 2.23. The molecule has 1 aliphatic heterocycles. The zero-order valence-electron chi connectivity index (χ0n) is 15.3. The second kappa shape index (κ2) is 7.50. The number of benzene rings is 1. The van der Waals surface area contributed by atoms with Gasteiger partial charge in [0.2, 0.25) is 5.91 Å². The van der Waals surface area contributed by atoms with E-state index in [1.165, 1.54) is 12.8 Å². The lowest BCUT2D eigenvalue weighted by Crippen LogP contribution is -2.35. The van der Waals surface area contributed by atoms with Crippen LogP contribution in [0.1, 0.15) is 42.9 Å². The van der Waals surface area contributed by atoms with Crippen LogP contribution < -0.4 is 10.1 Å². The largest absolute Gasteiger partial charge is 0.492 e. The fourth-order valence-electron chi connectivity index (χ4n) is 3.92. The van der Waals surface area contributed by atoms with Crippen LogP contribution in [0.2, 0.25) is 0 Å². The van der Waals surface area contributed by atoms with Gasteiger partial charge in [0.1, 0.15) is 18.2 Å². The number of nitrogens with one attached hydrogen (secondary N) is 1. The number of aryl methyl sites for hydroxylation is 1. The number of rotatable bonds is 4. The summed E-state index contributed by atoms with van der Waals surface area (Å²) in [6.45, 7) is 4.42. The summed E-state index contributed by atoms with van der Waals surface area (Å²) in [5, 5.41) is 7.62. The van der Waals surface area contributed by atoms with E-state index in [2.05, 4.69) is 21.4 Å². The second-order valence-corrected chi connectivity index (χ2v) is 7.27. The lowest BCUT2D eigenvalue weighted by atomic mass is 10.2. The van der Waals surface area contributed by atoms with Gasteiger partial charge in [0.15, 0.2) is 0 Å². The number of hydrogen-bond acceptors (Lipinski definition) is 4. The van der Waals surface area contributed by atoms with Gasteiger partial charge in [-0.05, 0) is 25.8 Å². The molecule has 1 fully saturated rings. The smallest absolute Gasteiger partial charge is 0.239 e. The molecule has 2 heterocycles. The van der Waals surface area contributed by atoms with Gasteiger partial charge in [0.05, 0.1) is 18.8 Å². The number of carbonyl (C=O) groups is 1. The second-order valence-electron chi connectivity index (χ2n) is 7.27. The Labute approximate surface area is 154 Å². The summed E-state index contributed by atoms with van der Waals surface area (Å²) in [4.78, 5) is 14.8. The molecule has 0 saturated heterocycles. The Morgan fingerprint density at radius 1 is 1.31 bits per heavy atom. The fourth-order valence-corrected chi connectivity index (χ4v) is 3.92. The van der Waals surface area contributed by atoms with Crippen molar-refractivity contribution in [1.29, 1.82) is 0 Å². The first-order valence-electron chi connectivity index (χ1n) is 9.48. The van der Waals surface area contributed by atoms with Crippen molar-refractivity contribution in [3.8, 4) is 5.75 Å². The van der Waals surface area contributed by atoms with E-state index in [1.807, 2.05) is 36.0 Å². The molecule has 6 heteroatoms. The van der Waals surface area contributed by atoms with Crippen LogP contribution in [0.25, 0.3) is 0 Å². The van der Waals surface area contributed by atoms with Gasteiger partial charge in [-0.25, -0.2) is 4.68 Å². The maximum Gasteiger partial charge on any atom is 0.239 e. The van der Waals surface area contributed by atoms with E-state index in [9.17, 15) is 4.79 Å². The molecule has 1 aromatic carbocycles. The van der Waals surface area contributed by atoms with E-state index in [0.717, 1.165) is 48.6 Å². The van der Waals surface area contributed by atoms with Crippen LogP contribution in [0.3, 0.4) is 0 Å². The Kier molecular flexibility index (Phi) is 4.93. The molecule has 0 bridgehead atoms. The Balaban J connectivity index is 1.42. The summed E-state index contributed by atoms with van der Waals surface area (Å²) >= 11 is 0. The molecule has 2 aromatic rings. The van der Waals surface area contributed by atoms with Crippen LogP contribution in [-0.2, 0) is 11.3 Å². The molecule has 0 atom stereocenters. The van der Waals surface area contributed by atoms with E-state index in [4.69, 9.17) is 4.74 Å². The van der Waals surface area contributed by atoms with Crippen molar-refractivity contribution in [2.45, 2.75) is 45.2 Å².